The molecule has 0 bridgehead atoms. The van der Waals surface area contributed by atoms with Crippen LogP contribution in [0.1, 0.15) is 48.5 Å². The van der Waals surface area contributed by atoms with Crippen LogP contribution in [0.3, 0.4) is 0 Å². The zero-order valence-corrected chi connectivity index (χ0v) is 18.3. The van der Waals surface area contributed by atoms with Crippen molar-refractivity contribution in [2.75, 3.05) is 6.61 Å². The molecule has 2 aromatic carbocycles. The molecule has 0 saturated heterocycles. The molecule has 0 fully saturated rings. The van der Waals surface area contributed by atoms with Crippen LogP contribution < -0.4 is 9.50 Å². The molecule has 2 aromatic rings. The summed E-state index contributed by atoms with van der Waals surface area (Å²) >= 11 is 0. The number of benzene rings is 2. The van der Waals surface area contributed by atoms with E-state index in [0.29, 0.717) is 29.7 Å². The highest BCUT2D eigenvalue weighted by Crippen LogP contribution is 2.25. The van der Waals surface area contributed by atoms with Crippen molar-refractivity contribution in [2.24, 2.45) is 0 Å². The molecule has 1 aliphatic carbocycles. The van der Waals surface area contributed by atoms with Crippen LogP contribution in [-0.4, -0.2) is 26.9 Å². The van der Waals surface area contributed by atoms with Crippen LogP contribution in [0.25, 0.3) is 0 Å². The maximum absolute atomic E-state index is 12.6. The van der Waals surface area contributed by atoms with Gasteiger partial charge in [0.25, 0.3) is 5.91 Å². The van der Waals surface area contributed by atoms with Gasteiger partial charge in [-0.15, -0.1) is 0 Å². The van der Waals surface area contributed by atoms with Crippen molar-refractivity contribution >= 4 is 22.0 Å². The standard InChI is InChI=1S/C23H25NO6S/c1-3-29-23(26)20-6-4-5-7-21(20)24-22(25)17-10-12-18(13-11-17)30-31(27,28)19-14-8-16(2)9-15-19/h8-15H,3-7H2,1-2H3,(H,24,25). The number of aryl methyl sites for hydroxylation is 1. The molecule has 0 spiro atoms. The minimum Gasteiger partial charge on any atom is -0.463 e. The monoisotopic (exact) mass is 443 g/mol. The summed E-state index contributed by atoms with van der Waals surface area (Å²) in [7, 11) is -3.97. The molecule has 0 unspecified atom stereocenters. The lowest BCUT2D eigenvalue weighted by atomic mass is 9.96. The Bertz CT molecular complexity index is 1090. The number of carbonyl (C=O) groups excluding carboxylic acids is 2. The molecule has 0 heterocycles. The summed E-state index contributed by atoms with van der Waals surface area (Å²) in [6.07, 6.45) is 2.91. The second-order valence-corrected chi connectivity index (χ2v) is 8.76. The number of hydrogen-bond acceptors (Lipinski definition) is 6. The fourth-order valence-electron chi connectivity index (χ4n) is 3.24. The molecule has 8 heteroatoms. The van der Waals surface area contributed by atoms with Crippen molar-refractivity contribution in [3.8, 4) is 5.75 Å². The van der Waals surface area contributed by atoms with Gasteiger partial charge in [0.05, 0.1) is 12.2 Å². The Morgan fingerprint density at radius 1 is 0.968 bits per heavy atom. The summed E-state index contributed by atoms with van der Waals surface area (Å²) in [5.74, 6) is -0.685. The van der Waals surface area contributed by atoms with Gasteiger partial charge in [0.15, 0.2) is 0 Å². The molecule has 0 atom stereocenters. The van der Waals surface area contributed by atoms with Gasteiger partial charge in [0.2, 0.25) is 0 Å². The maximum atomic E-state index is 12.6. The number of carbonyl (C=O) groups is 2. The predicted molar refractivity (Wildman–Crippen MR) is 115 cm³/mol. The summed E-state index contributed by atoms with van der Waals surface area (Å²) in [6, 6.07) is 12.1. The Labute approximate surface area is 182 Å². The van der Waals surface area contributed by atoms with Crippen LogP contribution in [0.2, 0.25) is 0 Å². The fraction of sp³-hybridized carbons (Fsp3) is 0.304. The summed E-state index contributed by atoms with van der Waals surface area (Å²) in [6.45, 7) is 3.87. The lowest BCUT2D eigenvalue weighted by Crippen LogP contribution is -2.28. The van der Waals surface area contributed by atoms with E-state index in [1.165, 1.54) is 36.4 Å². The minimum absolute atomic E-state index is 0.0515. The van der Waals surface area contributed by atoms with Gasteiger partial charge in [-0.3, -0.25) is 4.79 Å². The first-order chi connectivity index (χ1) is 14.8. The van der Waals surface area contributed by atoms with Crippen LogP contribution >= 0.6 is 0 Å². The third kappa shape index (κ3) is 5.73. The van der Waals surface area contributed by atoms with Crippen LogP contribution in [-0.2, 0) is 19.6 Å². The zero-order chi connectivity index (χ0) is 22.4. The Morgan fingerprint density at radius 2 is 1.61 bits per heavy atom. The van der Waals surface area contributed by atoms with E-state index in [1.54, 1.807) is 19.1 Å². The lowest BCUT2D eigenvalue weighted by molar-refractivity contribution is -0.138. The van der Waals surface area contributed by atoms with Crippen molar-refractivity contribution in [1.29, 1.82) is 0 Å². The van der Waals surface area contributed by atoms with Crippen molar-refractivity contribution in [3.05, 3.63) is 70.9 Å². The summed E-state index contributed by atoms with van der Waals surface area (Å²) in [5, 5.41) is 2.80. The van der Waals surface area contributed by atoms with E-state index in [2.05, 4.69) is 5.32 Å². The molecule has 1 N–H and O–H groups in total. The van der Waals surface area contributed by atoms with Crippen molar-refractivity contribution < 1.29 is 26.9 Å². The molecule has 0 saturated carbocycles. The van der Waals surface area contributed by atoms with E-state index in [-0.39, 0.29) is 23.2 Å². The van der Waals surface area contributed by atoms with Crippen LogP contribution in [0.5, 0.6) is 5.75 Å². The molecule has 0 radical (unpaired) electrons. The van der Waals surface area contributed by atoms with Crippen molar-refractivity contribution in [1.82, 2.24) is 5.32 Å². The summed E-state index contributed by atoms with van der Waals surface area (Å²) < 4.78 is 35.0. The molecule has 0 aliphatic heterocycles. The van der Waals surface area contributed by atoms with Gasteiger partial charge >= 0.3 is 16.1 Å². The second kappa shape index (κ2) is 9.78. The first-order valence-electron chi connectivity index (χ1n) is 10.1. The van der Waals surface area contributed by atoms with E-state index in [9.17, 15) is 18.0 Å². The molecule has 0 aromatic heterocycles. The van der Waals surface area contributed by atoms with Gasteiger partial charge in [-0.05, 0) is 75.9 Å². The van der Waals surface area contributed by atoms with Crippen LogP contribution in [0.15, 0.2) is 64.7 Å². The third-order valence-corrected chi connectivity index (χ3v) is 6.15. The largest absolute Gasteiger partial charge is 0.463 e. The van der Waals surface area contributed by atoms with Gasteiger partial charge in [-0.1, -0.05) is 17.7 Å². The number of amides is 1. The Morgan fingerprint density at radius 3 is 2.26 bits per heavy atom. The number of ether oxygens (including phenoxy) is 1. The predicted octanol–water partition coefficient (Wildman–Crippen LogP) is 3.88. The fourth-order valence-corrected chi connectivity index (χ4v) is 4.17. The average molecular weight is 444 g/mol. The van der Waals surface area contributed by atoms with Gasteiger partial charge in [-0.2, -0.15) is 8.42 Å². The van der Waals surface area contributed by atoms with Crippen LogP contribution in [0, 0.1) is 6.92 Å². The zero-order valence-electron chi connectivity index (χ0n) is 17.5. The van der Waals surface area contributed by atoms with Crippen LogP contribution in [0.4, 0.5) is 0 Å². The number of rotatable bonds is 7. The Hall–Kier alpha value is -3.13. The summed E-state index contributed by atoms with van der Waals surface area (Å²) in [5.41, 5.74) is 2.34. The van der Waals surface area contributed by atoms with E-state index in [0.717, 1.165) is 18.4 Å². The van der Waals surface area contributed by atoms with Gasteiger partial charge < -0.3 is 14.2 Å². The highest BCUT2D eigenvalue weighted by Gasteiger charge is 2.22. The van der Waals surface area contributed by atoms with E-state index >= 15 is 0 Å². The lowest BCUT2D eigenvalue weighted by Gasteiger charge is -2.20. The Kier molecular flexibility index (Phi) is 7.12. The first kappa shape index (κ1) is 22.6. The summed E-state index contributed by atoms with van der Waals surface area (Å²) in [4.78, 5) is 24.8. The van der Waals surface area contributed by atoms with E-state index in [4.69, 9.17) is 8.92 Å². The van der Waals surface area contributed by atoms with Gasteiger partial charge in [0, 0.05) is 11.3 Å². The maximum Gasteiger partial charge on any atom is 0.339 e. The average Bonchev–Trinajstić information content (AvgIpc) is 2.75. The molecule has 3 rings (SSSR count). The molecule has 1 aliphatic rings. The van der Waals surface area contributed by atoms with Crippen molar-refractivity contribution in [2.45, 2.75) is 44.4 Å². The SMILES string of the molecule is CCOC(=O)C1=C(NC(=O)c2ccc(OS(=O)(=O)c3ccc(C)cc3)cc2)CCCC1. The smallest absolute Gasteiger partial charge is 0.339 e. The molecule has 1 amide bonds. The normalized spacial score (nSPS) is 14.1. The van der Waals surface area contributed by atoms with E-state index in [1.807, 2.05) is 6.92 Å². The highest BCUT2D eigenvalue weighted by atomic mass is 32.2. The minimum atomic E-state index is -3.97. The topological polar surface area (TPSA) is 98.8 Å². The Balaban J connectivity index is 1.71. The van der Waals surface area contributed by atoms with Crippen molar-refractivity contribution in [3.63, 3.8) is 0 Å². The second-order valence-electron chi connectivity index (χ2n) is 7.21. The van der Waals surface area contributed by atoms with Gasteiger partial charge in [-0.25, -0.2) is 4.79 Å². The molecule has 164 valence electrons. The first-order valence-corrected chi connectivity index (χ1v) is 11.5. The molecule has 31 heavy (non-hydrogen) atoms. The number of hydrogen-bond donors (Lipinski definition) is 1. The quantitative estimate of drug-likeness (QED) is 0.515. The molecular formula is C23H25NO6S. The molecular weight excluding hydrogens is 418 g/mol. The highest BCUT2D eigenvalue weighted by molar-refractivity contribution is 7.87. The number of esters is 1. The van der Waals surface area contributed by atoms with Gasteiger partial charge in [0.1, 0.15) is 10.6 Å². The third-order valence-electron chi connectivity index (χ3n) is 4.89. The molecule has 7 nitrogen and oxygen atoms in total. The number of allylic oxidation sites excluding steroid dienone is 1. The van der Waals surface area contributed by atoms with E-state index < -0.39 is 16.1 Å². The number of nitrogens with one attached hydrogen (secondary N) is 1.